The molecular weight excluding hydrogens is 388 g/mol. The molecule has 2 saturated heterocycles. The largest absolute Gasteiger partial charge is 0.429 e. The second-order valence-corrected chi connectivity index (χ2v) is 10.1. The normalized spacial score (nSPS) is 28.0. The summed E-state index contributed by atoms with van der Waals surface area (Å²) in [6.07, 6.45) is 4.66. The second-order valence-electron chi connectivity index (χ2n) is 10.1. The molecule has 0 saturated carbocycles. The predicted molar refractivity (Wildman–Crippen MR) is 124 cm³/mol. The van der Waals surface area contributed by atoms with Gasteiger partial charge in [0.25, 0.3) is 6.01 Å². The van der Waals surface area contributed by atoms with Gasteiger partial charge in [0.2, 0.25) is 0 Å². The van der Waals surface area contributed by atoms with Gasteiger partial charge in [0.05, 0.1) is 12.3 Å². The van der Waals surface area contributed by atoms with E-state index in [1.165, 1.54) is 16.8 Å². The number of hydrogen-bond acceptors (Lipinski definition) is 6. The smallest absolute Gasteiger partial charge is 0.297 e. The summed E-state index contributed by atoms with van der Waals surface area (Å²) in [5.41, 5.74) is 4.39. The van der Waals surface area contributed by atoms with E-state index in [9.17, 15) is 5.11 Å². The number of likely N-dealkylation sites (tertiary alicyclic amines) is 1. The molecule has 5 rings (SSSR count). The predicted octanol–water partition coefficient (Wildman–Crippen LogP) is 3.57. The summed E-state index contributed by atoms with van der Waals surface area (Å²) in [6.45, 7) is 12.2. The molecule has 1 unspecified atom stereocenters. The maximum Gasteiger partial charge on any atom is 0.297 e. The Balaban J connectivity index is 1.16. The highest BCUT2D eigenvalue weighted by Crippen LogP contribution is 2.47. The van der Waals surface area contributed by atoms with E-state index < -0.39 is 0 Å². The van der Waals surface area contributed by atoms with E-state index in [4.69, 9.17) is 4.42 Å². The number of hydrogen-bond donors (Lipinski definition) is 2. The van der Waals surface area contributed by atoms with Gasteiger partial charge in [0.15, 0.2) is 0 Å². The number of aliphatic hydroxyl groups excluding tert-OH is 1. The van der Waals surface area contributed by atoms with Gasteiger partial charge in [-0.15, -0.1) is 0 Å². The molecule has 31 heavy (non-hydrogen) atoms. The Morgan fingerprint density at radius 2 is 2.06 bits per heavy atom. The molecule has 1 spiro atoms. The maximum atomic E-state index is 11.0. The lowest BCUT2D eigenvalue weighted by atomic mass is 9.67. The van der Waals surface area contributed by atoms with Crippen LogP contribution in [0.15, 0.2) is 28.8 Å². The summed E-state index contributed by atoms with van der Waals surface area (Å²) in [5, 5.41) is 14.7. The number of anilines is 2. The van der Waals surface area contributed by atoms with E-state index in [0.29, 0.717) is 11.8 Å². The fourth-order valence-corrected chi connectivity index (χ4v) is 6.05. The number of fused-ring (bicyclic) bond motifs is 2. The monoisotopic (exact) mass is 424 g/mol. The van der Waals surface area contributed by atoms with Crippen molar-refractivity contribution in [3.8, 4) is 0 Å². The van der Waals surface area contributed by atoms with Crippen molar-refractivity contribution < 1.29 is 9.52 Å². The lowest BCUT2D eigenvalue weighted by molar-refractivity contribution is 0.0242. The van der Waals surface area contributed by atoms with Crippen LogP contribution in [0.4, 0.5) is 11.7 Å². The van der Waals surface area contributed by atoms with Gasteiger partial charge in [0, 0.05) is 43.8 Å². The van der Waals surface area contributed by atoms with Gasteiger partial charge >= 0.3 is 0 Å². The first-order valence-electron chi connectivity index (χ1n) is 11.9. The first-order valence-corrected chi connectivity index (χ1v) is 11.9. The van der Waals surface area contributed by atoms with Crippen molar-refractivity contribution in [2.45, 2.75) is 51.6 Å². The number of aromatic nitrogens is 1. The molecule has 2 N–H and O–H groups in total. The molecule has 0 aliphatic carbocycles. The summed E-state index contributed by atoms with van der Waals surface area (Å²) in [4.78, 5) is 9.05. The van der Waals surface area contributed by atoms with Gasteiger partial charge in [-0.2, -0.15) is 0 Å². The number of aliphatic hydroxyl groups is 1. The third-order valence-electron chi connectivity index (χ3n) is 8.06. The van der Waals surface area contributed by atoms with Crippen LogP contribution < -0.4 is 10.2 Å². The minimum absolute atomic E-state index is 0.240. The van der Waals surface area contributed by atoms with Crippen molar-refractivity contribution in [3.05, 3.63) is 41.3 Å². The molecule has 6 heteroatoms. The van der Waals surface area contributed by atoms with E-state index in [0.717, 1.165) is 70.3 Å². The number of nitrogens with zero attached hydrogens (tertiary/aromatic N) is 3. The Kier molecular flexibility index (Phi) is 5.47. The third-order valence-corrected chi connectivity index (χ3v) is 8.06. The van der Waals surface area contributed by atoms with Crippen LogP contribution in [-0.4, -0.2) is 60.4 Å². The average Bonchev–Trinajstić information content (AvgIpc) is 3.35. The van der Waals surface area contributed by atoms with Gasteiger partial charge in [-0.05, 0) is 68.7 Å². The SMILES string of the molecule is Cc1ccc2c(c1)NC[C@@]21CCN(C[C@@H](O)C2CCN(c3ncc(C)o3)CC2)CC1C. The highest BCUT2D eigenvalue weighted by atomic mass is 16.4. The van der Waals surface area contributed by atoms with Crippen LogP contribution in [0.1, 0.15) is 43.1 Å². The number of piperidine rings is 2. The molecule has 4 heterocycles. The first-order chi connectivity index (χ1) is 14.9. The van der Waals surface area contributed by atoms with Gasteiger partial charge in [-0.25, -0.2) is 4.98 Å². The number of oxazole rings is 1. The summed E-state index contributed by atoms with van der Waals surface area (Å²) in [6, 6.07) is 7.61. The Bertz CT molecular complexity index is 920. The molecule has 2 aromatic rings. The number of rotatable bonds is 4. The fraction of sp³-hybridized carbons (Fsp3) is 0.640. The zero-order valence-electron chi connectivity index (χ0n) is 19.1. The highest BCUT2D eigenvalue weighted by Gasteiger charge is 2.46. The molecular formula is C25H36N4O2. The van der Waals surface area contributed by atoms with Gasteiger partial charge in [-0.3, -0.25) is 0 Å². The van der Waals surface area contributed by atoms with Gasteiger partial charge in [0.1, 0.15) is 5.76 Å². The minimum Gasteiger partial charge on any atom is -0.429 e. The van der Waals surface area contributed by atoms with Crippen LogP contribution >= 0.6 is 0 Å². The molecule has 0 radical (unpaired) electrons. The van der Waals surface area contributed by atoms with Crippen LogP contribution in [0.25, 0.3) is 0 Å². The molecule has 0 bridgehead atoms. The summed E-state index contributed by atoms with van der Waals surface area (Å²) < 4.78 is 5.67. The van der Waals surface area contributed by atoms with Crippen LogP contribution in [0, 0.1) is 25.7 Å². The molecule has 2 fully saturated rings. The van der Waals surface area contributed by atoms with Crippen molar-refractivity contribution in [2.75, 3.05) is 49.5 Å². The summed E-state index contributed by atoms with van der Waals surface area (Å²) >= 11 is 0. The zero-order valence-corrected chi connectivity index (χ0v) is 19.1. The Labute approximate surface area is 185 Å². The quantitative estimate of drug-likeness (QED) is 0.782. The Hall–Kier alpha value is -2.05. The zero-order chi connectivity index (χ0) is 21.6. The van der Waals surface area contributed by atoms with Crippen molar-refractivity contribution in [2.24, 2.45) is 11.8 Å². The minimum atomic E-state index is -0.258. The van der Waals surface area contributed by atoms with Crippen LogP contribution in [0.5, 0.6) is 0 Å². The van der Waals surface area contributed by atoms with Gasteiger partial charge < -0.3 is 24.6 Å². The number of benzene rings is 1. The van der Waals surface area contributed by atoms with E-state index in [-0.39, 0.29) is 11.5 Å². The Morgan fingerprint density at radius 3 is 2.77 bits per heavy atom. The number of aryl methyl sites for hydroxylation is 2. The Morgan fingerprint density at radius 1 is 1.26 bits per heavy atom. The number of β-amino-alcohol motifs (C(OH)–C–C–N with tert-alkyl or cyclic N) is 1. The molecule has 3 aliphatic rings. The van der Waals surface area contributed by atoms with Crippen molar-refractivity contribution >= 4 is 11.7 Å². The molecule has 3 aliphatic heterocycles. The molecule has 1 aromatic carbocycles. The van der Waals surface area contributed by atoms with Crippen LogP contribution in [0.2, 0.25) is 0 Å². The standard InChI is InChI=1S/C25H36N4O2/c1-17-4-5-21-22(12-17)27-16-25(21)8-11-28(14-18(25)2)15-23(30)20-6-9-29(10-7-20)24-26-13-19(3)31-24/h4-5,12-13,18,20,23,27,30H,6-11,14-16H2,1-3H3/t18?,23-,25-/m1/s1. The van der Waals surface area contributed by atoms with Gasteiger partial charge in [-0.1, -0.05) is 19.1 Å². The average molecular weight is 425 g/mol. The van der Waals surface area contributed by atoms with Crippen LogP contribution in [0.3, 0.4) is 0 Å². The topological polar surface area (TPSA) is 64.8 Å². The third kappa shape index (κ3) is 3.85. The van der Waals surface area contributed by atoms with E-state index in [1.807, 2.05) is 6.92 Å². The molecule has 6 nitrogen and oxygen atoms in total. The summed E-state index contributed by atoms with van der Waals surface area (Å²) in [5.74, 6) is 1.78. The lowest BCUT2D eigenvalue weighted by Crippen LogP contribution is -2.52. The molecule has 0 amide bonds. The molecule has 1 aromatic heterocycles. The molecule has 168 valence electrons. The van der Waals surface area contributed by atoms with E-state index >= 15 is 0 Å². The van der Waals surface area contributed by atoms with Crippen molar-refractivity contribution in [3.63, 3.8) is 0 Å². The first kappa shape index (κ1) is 20.8. The number of nitrogens with one attached hydrogen (secondary N) is 1. The van der Waals surface area contributed by atoms with E-state index in [1.54, 1.807) is 6.20 Å². The van der Waals surface area contributed by atoms with Crippen molar-refractivity contribution in [1.82, 2.24) is 9.88 Å². The lowest BCUT2D eigenvalue weighted by Gasteiger charge is -2.46. The fourth-order valence-electron chi connectivity index (χ4n) is 6.05. The highest BCUT2D eigenvalue weighted by molar-refractivity contribution is 5.62. The van der Waals surface area contributed by atoms with E-state index in [2.05, 4.69) is 52.1 Å². The second kappa shape index (κ2) is 8.14. The molecule has 3 atom stereocenters. The maximum absolute atomic E-state index is 11.0. The van der Waals surface area contributed by atoms with Crippen molar-refractivity contribution in [1.29, 1.82) is 0 Å². The van der Waals surface area contributed by atoms with Crippen LogP contribution in [-0.2, 0) is 5.41 Å². The summed E-state index contributed by atoms with van der Waals surface area (Å²) in [7, 11) is 0.